The van der Waals surface area contributed by atoms with Crippen LogP contribution in [0.5, 0.6) is 5.75 Å². The highest BCUT2D eigenvalue weighted by Gasteiger charge is 2.57. The molecule has 0 N–H and O–H groups in total. The Morgan fingerprint density at radius 2 is 1.86 bits per heavy atom. The highest BCUT2D eigenvalue weighted by atomic mass is 16.6. The van der Waals surface area contributed by atoms with E-state index in [1.54, 1.807) is 31.4 Å². The van der Waals surface area contributed by atoms with E-state index in [4.69, 9.17) is 14.2 Å². The highest BCUT2D eigenvalue weighted by molar-refractivity contribution is 5.93. The molecule has 1 aromatic carbocycles. The monoisotopic (exact) mass is 302 g/mol. The molecule has 116 valence electrons. The third-order valence-corrected chi connectivity index (χ3v) is 4.47. The minimum atomic E-state index is -1.19. The number of allylic oxidation sites excluding steroid dienone is 1. The molecule has 2 aliphatic rings. The molecule has 0 unspecified atom stereocenters. The molecule has 0 spiro atoms. The van der Waals surface area contributed by atoms with Gasteiger partial charge in [0.1, 0.15) is 5.75 Å². The van der Waals surface area contributed by atoms with E-state index in [2.05, 4.69) is 6.08 Å². The first kappa shape index (κ1) is 14.6. The van der Waals surface area contributed by atoms with Crippen molar-refractivity contribution in [2.75, 3.05) is 14.2 Å². The molecule has 3 rings (SSSR count). The van der Waals surface area contributed by atoms with Gasteiger partial charge in [0.25, 0.3) is 0 Å². The quantitative estimate of drug-likeness (QED) is 0.631. The van der Waals surface area contributed by atoms with Gasteiger partial charge in [0.2, 0.25) is 5.60 Å². The number of methoxy groups -OCH3 is 2. The Bertz CT molecular complexity index is 618. The van der Waals surface area contributed by atoms with Crippen LogP contribution in [0.2, 0.25) is 0 Å². The van der Waals surface area contributed by atoms with Crippen LogP contribution in [0.4, 0.5) is 0 Å². The van der Waals surface area contributed by atoms with Gasteiger partial charge in [0, 0.05) is 12.3 Å². The van der Waals surface area contributed by atoms with Crippen LogP contribution in [0.1, 0.15) is 23.2 Å². The fourth-order valence-corrected chi connectivity index (χ4v) is 3.33. The lowest BCUT2D eigenvalue weighted by molar-refractivity contribution is -0.166. The molecule has 0 radical (unpaired) electrons. The molecule has 5 heteroatoms. The van der Waals surface area contributed by atoms with Crippen LogP contribution in [0.15, 0.2) is 36.4 Å². The molecule has 22 heavy (non-hydrogen) atoms. The van der Waals surface area contributed by atoms with E-state index < -0.39 is 17.5 Å². The molecule has 0 aromatic heterocycles. The maximum Gasteiger partial charge on any atom is 0.351 e. The summed E-state index contributed by atoms with van der Waals surface area (Å²) in [7, 11) is 2.88. The smallest absolute Gasteiger partial charge is 0.351 e. The topological polar surface area (TPSA) is 61.8 Å². The zero-order valence-electron chi connectivity index (χ0n) is 12.6. The van der Waals surface area contributed by atoms with E-state index in [-0.39, 0.29) is 11.8 Å². The lowest BCUT2D eigenvalue weighted by Crippen LogP contribution is -2.47. The molecule has 2 aliphatic carbocycles. The Balaban J connectivity index is 1.83. The molecule has 1 saturated carbocycles. The van der Waals surface area contributed by atoms with E-state index in [1.165, 1.54) is 7.11 Å². The number of rotatable bonds is 4. The second-order valence-corrected chi connectivity index (χ2v) is 5.69. The summed E-state index contributed by atoms with van der Waals surface area (Å²) in [5.74, 6) is -0.179. The third kappa shape index (κ3) is 2.26. The molecule has 0 amide bonds. The number of hydrogen-bond acceptors (Lipinski definition) is 5. The van der Waals surface area contributed by atoms with Gasteiger partial charge in [-0.15, -0.1) is 0 Å². The van der Waals surface area contributed by atoms with Gasteiger partial charge in [0.05, 0.1) is 19.8 Å². The number of hydrogen-bond donors (Lipinski definition) is 0. The first-order valence-corrected chi connectivity index (χ1v) is 7.23. The van der Waals surface area contributed by atoms with Crippen LogP contribution >= 0.6 is 0 Å². The fourth-order valence-electron chi connectivity index (χ4n) is 3.33. The summed E-state index contributed by atoms with van der Waals surface area (Å²) in [6.07, 6.45) is 5.34. The fraction of sp³-hybridized carbons (Fsp3) is 0.412. The van der Waals surface area contributed by atoms with Gasteiger partial charge >= 0.3 is 11.9 Å². The van der Waals surface area contributed by atoms with E-state index in [9.17, 15) is 9.59 Å². The van der Waals surface area contributed by atoms with Gasteiger partial charge in [-0.1, -0.05) is 12.2 Å². The van der Waals surface area contributed by atoms with Crippen molar-refractivity contribution in [2.24, 2.45) is 11.8 Å². The lowest BCUT2D eigenvalue weighted by atomic mass is 9.88. The molecular weight excluding hydrogens is 284 g/mol. The standard InChI is InChI=1S/C17H18O5/c1-20-14-7-4-12(5-8-14)15(18)22-17(16(19)21-2)10-11-3-6-13(17)9-11/h3-8,11,13H,9-10H2,1-2H3/t11-,13+,17-/m0/s1. The Morgan fingerprint density at radius 3 is 2.36 bits per heavy atom. The van der Waals surface area contributed by atoms with Crippen molar-refractivity contribution in [3.63, 3.8) is 0 Å². The highest BCUT2D eigenvalue weighted by Crippen LogP contribution is 2.49. The summed E-state index contributed by atoms with van der Waals surface area (Å²) in [5, 5.41) is 0. The summed E-state index contributed by atoms with van der Waals surface area (Å²) >= 11 is 0. The van der Waals surface area contributed by atoms with Gasteiger partial charge in [-0.05, 0) is 36.6 Å². The Labute approximate surface area is 128 Å². The summed E-state index contributed by atoms with van der Waals surface area (Å²) in [5.41, 5.74) is -0.804. The number of fused-ring (bicyclic) bond motifs is 2. The van der Waals surface area contributed by atoms with Crippen LogP contribution < -0.4 is 4.74 Å². The maximum absolute atomic E-state index is 12.4. The maximum atomic E-state index is 12.4. The van der Waals surface area contributed by atoms with Crippen LogP contribution in [-0.4, -0.2) is 31.8 Å². The molecule has 0 saturated heterocycles. The van der Waals surface area contributed by atoms with E-state index in [0.29, 0.717) is 17.7 Å². The average Bonchev–Trinajstić information content (AvgIpc) is 3.15. The summed E-state index contributed by atoms with van der Waals surface area (Å²) in [6, 6.07) is 6.61. The van der Waals surface area contributed by atoms with Gasteiger partial charge in [-0.2, -0.15) is 0 Å². The Morgan fingerprint density at radius 1 is 1.14 bits per heavy atom. The Kier molecular flexibility index (Phi) is 3.64. The minimum absolute atomic E-state index is 0.104. The number of benzene rings is 1. The SMILES string of the molecule is COC(=O)[C@]1(OC(=O)c2ccc(OC)cc2)C[C@H]2C=C[C@@H]1C2. The zero-order valence-corrected chi connectivity index (χ0v) is 12.6. The second-order valence-electron chi connectivity index (χ2n) is 5.69. The normalized spacial score (nSPS) is 28.5. The lowest BCUT2D eigenvalue weighted by Gasteiger charge is -2.32. The molecule has 3 atom stereocenters. The van der Waals surface area contributed by atoms with Crippen molar-refractivity contribution in [3.05, 3.63) is 42.0 Å². The number of ether oxygens (including phenoxy) is 3. The molecule has 1 fully saturated rings. The van der Waals surface area contributed by atoms with Gasteiger partial charge < -0.3 is 14.2 Å². The molecular formula is C17H18O5. The van der Waals surface area contributed by atoms with Crippen LogP contribution in [-0.2, 0) is 14.3 Å². The first-order valence-electron chi connectivity index (χ1n) is 7.23. The van der Waals surface area contributed by atoms with E-state index in [0.717, 1.165) is 6.42 Å². The number of carbonyl (C=O) groups excluding carboxylic acids is 2. The van der Waals surface area contributed by atoms with Gasteiger partial charge in [0.15, 0.2) is 0 Å². The summed E-state index contributed by atoms with van der Waals surface area (Å²) in [4.78, 5) is 24.6. The van der Waals surface area contributed by atoms with Crippen LogP contribution in [0.25, 0.3) is 0 Å². The molecule has 0 aliphatic heterocycles. The van der Waals surface area contributed by atoms with Crippen molar-refractivity contribution >= 4 is 11.9 Å². The minimum Gasteiger partial charge on any atom is -0.497 e. The van der Waals surface area contributed by atoms with Crippen molar-refractivity contribution in [3.8, 4) is 5.75 Å². The molecule has 1 aromatic rings. The van der Waals surface area contributed by atoms with E-state index >= 15 is 0 Å². The van der Waals surface area contributed by atoms with Crippen LogP contribution in [0, 0.1) is 11.8 Å². The predicted molar refractivity (Wildman–Crippen MR) is 78.5 cm³/mol. The number of carbonyl (C=O) groups is 2. The van der Waals surface area contributed by atoms with Gasteiger partial charge in [-0.25, -0.2) is 9.59 Å². The molecule has 5 nitrogen and oxygen atoms in total. The van der Waals surface area contributed by atoms with Crippen molar-refractivity contribution in [1.29, 1.82) is 0 Å². The van der Waals surface area contributed by atoms with Crippen molar-refractivity contribution < 1.29 is 23.8 Å². The molecule has 2 bridgehead atoms. The van der Waals surface area contributed by atoms with Gasteiger partial charge in [-0.3, -0.25) is 0 Å². The summed E-state index contributed by atoms with van der Waals surface area (Å²) < 4.78 is 15.6. The van der Waals surface area contributed by atoms with E-state index in [1.807, 2.05) is 6.08 Å². The third-order valence-electron chi connectivity index (χ3n) is 4.47. The number of esters is 2. The van der Waals surface area contributed by atoms with Crippen LogP contribution in [0.3, 0.4) is 0 Å². The Hall–Kier alpha value is -2.30. The first-order chi connectivity index (χ1) is 10.6. The predicted octanol–water partition coefficient (Wildman–Crippen LogP) is 2.36. The van der Waals surface area contributed by atoms with Crippen molar-refractivity contribution in [2.45, 2.75) is 18.4 Å². The largest absolute Gasteiger partial charge is 0.497 e. The zero-order chi connectivity index (χ0) is 15.7. The summed E-state index contributed by atoms with van der Waals surface area (Å²) in [6.45, 7) is 0. The van der Waals surface area contributed by atoms with Crippen molar-refractivity contribution in [1.82, 2.24) is 0 Å². The average molecular weight is 302 g/mol. The molecule has 0 heterocycles. The second kappa shape index (κ2) is 5.48.